The third-order valence-electron chi connectivity index (χ3n) is 2.75. The van der Waals surface area contributed by atoms with E-state index in [1.807, 2.05) is 24.9 Å². The Morgan fingerprint density at radius 3 is 2.67 bits per heavy atom. The van der Waals surface area contributed by atoms with Gasteiger partial charge in [0, 0.05) is 33.7 Å². The Labute approximate surface area is 99.4 Å². The molecule has 0 aliphatic carbocycles. The van der Waals surface area contributed by atoms with E-state index < -0.39 is 0 Å². The maximum absolute atomic E-state index is 4.72. The number of rotatable bonds is 1. The molecule has 1 fully saturated rings. The average molecular weight is 246 g/mol. The number of amidine groups is 1. The molecule has 2 atom stereocenters. The molecule has 0 aromatic carbocycles. The summed E-state index contributed by atoms with van der Waals surface area (Å²) in [7, 11) is 9.86. The summed E-state index contributed by atoms with van der Waals surface area (Å²) in [5, 5.41) is 5.80. The van der Waals surface area contributed by atoms with E-state index in [0.29, 0.717) is 6.04 Å². The molecular weight excluding hydrogens is 228 g/mol. The first-order valence-corrected chi connectivity index (χ1v) is 7.38. The monoisotopic (exact) mass is 246 g/mol. The van der Waals surface area contributed by atoms with E-state index in [2.05, 4.69) is 28.9 Å². The molecule has 2 aliphatic heterocycles. The smallest absolute Gasteiger partial charge is 0.175 e. The van der Waals surface area contributed by atoms with Crippen LogP contribution < -0.4 is 0 Å². The van der Waals surface area contributed by atoms with Crippen LogP contribution in [-0.2, 0) is 0 Å². The second-order valence-corrected chi connectivity index (χ2v) is 6.43. The highest BCUT2D eigenvalue weighted by Crippen LogP contribution is 2.41. The van der Waals surface area contributed by atoms with E-state index in [1.165, 1.54) is 6.42 Å². The molecule has 0 N–H and O–H groups in total. The molecule has 2 aliphatic rings. The number of hydrogen-bond donors (Lipinski definition) is 0. The van der Waals surface area contributed by atoms with E-state index in [4.69, 9.17) is 4.99 Å². The van der Waals surface area contributed by atoms with Gasteiger partial charge < -0.3 is 4.90 Å². The average Bonchev–Trinajstić information content (AvgIpc) is 2.73. The molecule has 15 heavy (non-hydrogen) atoms. The van der Waals surface area contributed by atoms with Gasteiger partial charge in [-0.25, -0.2) is 15.0 Å². The highest BCUT2D eigenvalue weighted by atomic mass is 33.1. The lowest BCUT2D eigenvalue weighted by atomic mass is 10.3. The van der Waals surface area contributed by atoms with Crippen molar-refractivity contribution in [3.63, 3.8) is 0 Å². The molecule has 2 heterocycles. The van der Waals surface area contributed by atoms with Crippen molar-refractivity contribution in [2.24, 2.45) is 4.99 Å². The number of aliphatic imine (C=N–C) groups is 1. The van der Waals surface area contributed by atoms with E-state index in [1.54, 1.807) is 10.8 Å². The van der Waals surface area contributed by atoms with E-state index >= 15 is 0 Å². The van der Waals surface area contributed by atoms with Crippen LogP contribution in [0.15, 0.2) is 4.99 Å². The number of nitrogens with zero attached hydrogens (tertiary/aromatic N) is 4. The Balaban J connectivity index is 2.06. The van der Waals surface area contributed by atoms with Crippen LogP contribution in [-0.4, -0.2) is 59.3 Å². The zero-order valence-electron chi connectivity index (χ0n) is 9.67. The molecule has 0 saturated carbocycles. The Kier molecular flexibility index (Phi) is 3.49. The maximum Gasteiger partial charge on any atom is 0.175 e. The summed E-state index contributed by atoms with van der Waals surface area (Å²) >= 11 is 0. The van der Waals surface area contributed by atoms with Crippen molar-refractivity contribution in [3.05, 3.63) is 0 Å². The van der Waals surface area contributed by atoms with Gasteiger partial charge in [-0.05, 0) is 34.9 Å². The Morgan fingerprint density at radius 1 is 1.47 bits per heavy atom. The molecule has 0 radical (unpaired) electrons. The summed E-state index contributed by atoms with van der Waals surface area (Å²) < 4.78 is 0. The van der Waals surface area contributed by atoms with Crippen LogP contribution in [0.25, 0.3) is 0 Å². The summed E-state index contributed by atoms with van der Waals surface area (Å²) in [5.74, 6) is 0. The molecule has 2 unspecified atom stereocenters. The molecule has 0 aromatic heterocycles. The quantitative estimate of drug-likeness (QED) is 0.653. The van der Waals surface area contributed by atoms with Gasteiger partial charge in [0.1, 0.15) is 0 Å². The summed E-state index contributed by atoms with van der Waals surface area (Å²) in [6.07, 6.45) is 1.24. The van der Waals surface area contributed by atoms with Gasteiger partial charge in [0.05, 0.1) is 0 Å². The molecule has 2 rings (SSSR count). The normalized spacial score (nSPS) is 33.5. The minimum absolute atomic E-state index is 0.259. The molecular formula is C9H18N4S2. The van der Waals surface area contributed by atoms with Gasteiger partial charge in [-0.3, -0.25) is 0 Å². The van der Waals surface area contributed by atoms with E-state index in [-0.39, 0.29) is 5.50 Å². The second kappa shape index (κ2) is 4.53. The molecule has 0 amide bonds. The standard InChI is InChI=1S/C9H18N4S2/c1-7-5-6-12(4)13(7)9-10-8(11(2)3)14-15-9/h7,9H,5-6H2,1-4H3. The third kappa shape index (κ3) is 2.27. The summed E-state index contributed by atoms with van der Waals surface area (Å²) in [6.45, 7) is 3.42. The first-order chi connectivity index (χ1) is 7.09. The van der Waals surface area contributed by atoms with Gasteiger partial charge in [-0.15, -0.1) is 0 Å². The Morgan fingerprint density at radius 2 is 2.20 bits per heavy atom. The molecule has 0 aromatic rings. The number of hydrazine groups is 1. The van der Waals surface area contributed by atoms with Crippen molar-refractivity contribution in [1.29, 1.82) is 0 Å². The topological polar surface area (TPSA) is 22.1 Å². The fraction of sp³-hybridized carbons (Fsp3) is 0.889. The van der Waals surface area contributed by atoms with Gasteiger partial charge in [0.25, 0.3) is 0 Å². The molecule has 0 spiro atoms. The van der Waals surface area contributed by atoms with Crippen LogP contribution in [0.1, 0.15) is 13.3 Å². The Bertz CT molecular complexity index is 259. The zero-order chi connectivity index (χ0) is 11.0. The molecule has 4 nitrogen and oxygen atoms in total. The summed E-state index contributed by atoms with van der Waals surface area (Å²) in [6, 6.07) is 0.610. The molecule has 86 valence electrons. The highest BCUT2D eigenvalue weighted by molar-refractivity contribution is 8.82. The van der Waals surface area contributed by atoms with Crippen LogP contribution in [0.4, 0.5) is 0 Å². The third-order valence-corrected chi connectivity index (χ3v) is 5.22. The first-order valence-electron chi connectivity index (χ1n) is 5.17. The SMILES string of the molecule is CC1CCN(C)N1C1N=C(N(C)C)SS1. The van der Waals surface area contributed by atoms with Gasteiger partial charge in [-0.1, -0.05) is 0 Å². The van der Waals surface area contributed by atoms with Gasteiger partial charge >= 0.3 is 0 Å². The maximum atomic E-state index is 4.72. The van der Waals surface area contributed by atoms with Gasteiger partial charge in [0.15, 0.2) is 10.7 Å². The molecule has 0 bridgehead atoms. The molecule has 1 saturated heterocycles. The lowest BCUT2D eigenvalue weighted by Crippen LogP contribution is -2.42. The predicted octanol–water partition coefficient (Wildman–Crippen LogP) is 1.52. The lowest BCUT2D eigenvalue weighted by Gasteiger charge is -2.30. The largest absolute Gasteiger partial charge is 0.357 e. The van der Waals surface area contributed by atoms with Crippen molar-refractivity contribution in [2.75, 3.05) is 27.7 Å². The van der Waals surface area contributed by atoms with Gasteiger partial charge in [-0.2, -0.15) is 0 Å². The van der Waals surface area contributed by atoms with Crippen molar-refractivity contribution >= 4 is 26.8 Å². The minimum atomic E-state index is 0.259. The van der Waals surface area contributed by atoms with Crippen LogP contribution in [0.2, 0.25) is 0 Å². The Hall–Kier alpha value is 0.0900. The van der Waals surface area contributed by atoms with Crippen molar-refractivity contribution < 1.29 is 0 Å². The summed E-state index contributed by atoms with van der Waals surface area (Å²) in [5.41, 5.74) is 0.259. The zero-order valence-corrected chi connectivity index (χ0v) is 11.3. The fourth-order valence-corrected chi connectivity index (χ4v) is 4.48. The van der Waals surface area contributed by atoms with E-state index in [0.717, 1.165) is 11.7 Å². The van der Waals surface area contributed by atoms with Crippen molar-refractivity contribution in [1.82, 2.24) is 14.9 Å². The predicted molar refractivity (Wildman–Crippen MR) is 68.6 cm³/mol. The van der Waals surface area contributed by atoms with Crippen LogP contribution >= 0.6 is 21.6 Å². The minimum Gasteiger partial charge on any atom is -0.357 e. The van der Waals surface area contributed by atoms with Crippen LogP contribution in [0, 0.1) is 0 Å². The summed E-state index contributed by atoms with van der Waals surface area (Å²) in [4.78, 5) is 6.80. The number of hydrogen-bond acceptors (Lipinski definition) is 6. The van der Waals surface area contributed by atoms with Crippen molar-refractivity contribution in [3.8, 4) is 0 Å². The fourth-order valence-electron chi connectivity index (χ4n) is 1.86. The first kappa shape index (κ1) is 11.6. The van der Waals surface area contributed by atoms with Crippen LogP contribution in [0.3, 0.4) is 0 Å². The highest BCUT2D eigenvalue weighted by Gasteiger charge is 2.35. The second-order valence-electron chi connectivity index (χ2n) is 4.21. The van der Waals surface area contributed by atoms with Gasteiger partial charge in [0.2, 0.25) is 0 Å². The van der Waals surface area contributed by atoms with Crippen LogP contribution in [0.5, 0.6) is 0 Å². The van der Waals surface area contributed by atoms with Crippen molar-refractivity contribution in [2.45, 2.75) is 24.9 Å². The lowest BCUT2D eigenvalue weighted by molar-refractivity contribution is 0.0183. The molecule has 6 heteroatoms. The van der Waals surface area contributed by atoms with E-state index in [9.17, 15) is 0 Å².